The second-order valence-corrected chi connectivity index (χ2v) is 12.5. The third kappa shape index (κ3) is 37.4. The molecule has 0 heterocycles. The first-order valence-electron chi connectivity index (χ1n) is 18.2. The zero-order chi connectivity index (χ0) is 28.3. The number of hydrogen-bond donors (Lipinski definition) is 2. The first kappa shape index (κ1) is 38.4. The van der Waals surface area contributed by atoms with Crippen LogP contribution in [0.3, 0.4) is 0 Å². The van der Waals surface area contributed by atoms with Crippen molar-refractivity contribution in [2.45, 2.75) is 212 Å². The van der Waals surface area contributed by atoms with Gasteiger partial charge in [0, 0.05) is 0 Å². The summed E-state index contributed by atoms with van der Waals surface area (Å²) in [4.78, 5) is 10.4. The lowest BCUT2D eigenvalue weighted by Gasteiger charge is -2.05. The Labute approximate surface area is 246 Å². The van der Waals surface area contributed by atoms with Crippen molar-refractivity contribution in [2.24, 2.45) is 0 Å². The normalized spacial score (nSPS) is 11.4. The predicted molar refractivity (Wildman–Crippen MR) is 174 cm³/mol. The van der Waals surface area contributed by atoms with Crippen LogP contribution in [0.5, 0.6) is 0 Å². The number of unbranched alkanes of at least 4 members (excludes halogenated alkanes) is 31. The van der Waals surface area contributed by atoms with Crippen LogP contribution >= 0.6 is 0 Å². The van der Waals surface area contributed by atoms with Crippen LogP contribution in [-0.2, 0) is 4.79 Å². The van der Waals surface area contributed by atoms with Gasteiger partial charge in [-0.25, -0.2) is 0 Å². The summed E-state index contributed by atoms with van der Waals surface area (Å²) >= 11 is 0. The number of carboxylic acids is 1. The summed E-state index contributed by atoms with van der Waals surface area (Å²) in [7, 11) is 0. The Morgan fingerprint density at radius 2 is 0.590 bits per heavy atom. The minimum atomic E-state index is -0.758. The van der Waals surface area contributed by atoms with Crippen molar-refractivity contribution in [1.29, 1.82) is 0 Å². The van der Waals surface area contributed by atoms with E-state index in [9.17, 15) is 4.79 Å². The van der Waals surface area contributed by atoms with Crippen LogP contribution in [0.1, 0.15) is 212 Å². The van der Waals surface area contributed by atoms with Gasteiger partial charge in [0.15, 0.2) is 0 Å². The third-order valence-electron chi connectivity index (χ3n) is 8.48. The molecule has 0 aliphatic carbocycles. The molecule has 0 rings (SSSR count). The van der Waals surface area contributed by atoms with E-state index in [1.165, 1.54) is 199 Å². The summed E-state index contributed by atoms with van der Waals surface area (Å²) in [5.41, 5.74) is 0. The monoisotopic (exact) mass is 552 g/mol. The van der Waals surface area contributed by atoms with Crippen molar-refractivity contribution in [3.63, 3.8) is 0 Å². The van der Waals surface area contributed by atoms with Crippen LogP contribution in [0.15, 0.2) is 0 Å². The van der Waals surface area contributed by atoms with Crippen molar-refractivity contribution < 1.29 is 9.90 Å². The Hall–Kier alpha value is -0.570. The Bertz CT molecular complexity index is 453. The molecule has 0 saturated heterocycles. The van der Waals surface area contributed by atoms with Gasteiger partial charge in [-0.3, -0.25) is 4.79 Å². The van der Waals surface area contributed by atoms with Gasteiger partial charge in [-0.1, -0.05) is 206 Å². The van der Waals surface area contributed by atoms with Gasteiger partial charge in [0.25, 0.3) is 0 Å². The fourth-order valence-electron chi connectivity index (χ4n) is 5.82. The highest BCUT2D eigenvalue weighted by molar-refractivity contribution is 5.68. The number of hydrogen-bond acceptors (Lipinski definition) is 2. The van der Waals surface area contributed by atoms with Crippen LogP contribution in [0.25, 0.3) is 0 Å². The average molecular weight is 552 g/mol. The molecule has 0 aliphatic heterocycles. The quantitative estimate of drug-likeness (QED) is 0.0770. The van der Waals surface area contributed by atoms with E-state index < -0.39 is 5.97 Å². The second-order valence-electron chi connectivity index (χ2n) is 12.5. The van der Waals surface area contributed by atoms with Gasteiger partial charge in [0.1, 0.15) is 0 Å². The van der Waals surface area contributed by atoms with Crippen molar-refractivity contribution in [3.05, 3.63) is 0 Å². The van der Waals surface area contributed by atoms with Crippen LogP contribution < -0.4 is 5.32 Å². The second kappa shape index (κ2) is 35.5. The maximum atomic E-state index is 10.4. The summed E-state index contributed by atoms with van der Waals surface area (Å²) in [5.74, 6) is -0.758. The number of rotatable bonds is 35. The van der Waals surface area contributed by atoms with Crippen molar-refractivity contribution >= 4 is 5.97 Å². The highest BCUT2D eigenvalue weighted by Gasteiger charge is 1.98. The highest BCUT2D eigenvalue weighted by Crippen LogP contribution is 2.16. The van der Waals surface area contributed by atoms with Crippen LogP contribution in [0.4, 0.5) is 0 Å². The van der Waals surface area contributed by atoms with Crippen molar-refractivity contribution in [2.75, 3.05) is 13.1 Å². The molecule has 39 heavy (non-hydrogen) atoms. The molecule has 0 radical (unpaired) electrons. The molecule has 0 fully saturated rings. The van der Waals surface area contributed by atoms with Gasteiger partial charge in [-0.05, 0) is 13.0 Å². The third-order valence-corrected chi connectivity index (χ3v) is 8.48. The topological polar surface area (TPSA) is 49.3 Å². The molecule has 0 saturated carbocycles. The Morgan fingerprint density at radius 3 is 0.795 bits per heavy atom. The molecule has 0 bridgehead atoms. The molecular weight excluding hydrogens is 478 g/mol. The first-order chi connectivity index (χ1) is 19.3. The van der Waals surface area contributed by atoms with Crippen LogP contribution in [-0.4, -0.2) is 24.2 Å². The lowest BCUT2D eigenvalue weighted by Crippen LogP contribution is -2.23. The molecule has 0 atom stereocenters. The van der Waals surface area contributed by atoms with Crippen molar-refractivity contribution in [3.8, 4) is 0 Å². The smallest absolute Gasteiger partial charge is 0.317 e. The number of aliphatic carboxylic acids is 1. The van der Waals surface area contributed by atoms with Gasteiger partial charge >= 0.3 is 5.97 Å². The molecule has 2 N–H and O–H groups in total. The number of nitrogens with one attached hydrogen (secondary N) is 1. The van der Waals surface area contributed by atoms with E-state index in [0.29, 0.717) is 0 Å². The summed E-state index contributed by atoms with van der Waals surface area (Å²) in [6.07, 6.45) is 45.7. The maximum Gasteiger partial charge on any atom is 0.317 e. The van der Waals surface area contributed by atoms with E-state index in [1.54, 1.807) is 0 Å². The average Bonchev–Trinajstić information content (AvgIpc) is 2.93. The molecule has 234 valence electrons. The number of carboxylic acid groups (broad SMARTS) is 1. The van der Waals surface area contributed by atoms with E-state index in [1.807, 2.05) is 0 Å². The minimum absolute atomic E-state index is 0.0968. The Balaban J connectivity index is 3.02. The van der Waals surface area contributed by atoms with Crippen LogP contribution in [0.2, 0.25) is 0 Å². The summed E-state index contributed by atoms with van der Waals surface area (Å²) < 4.78 is 0. The zero-order valence-electron chi connectivity index (χ0n) is 26.9. The molecule has 3 nitrogen and oxygen atoms in total. The lowest BCUT2D eigenvalue weighted by atomic mass is 10.0. The van der Waals surface area contributed by atoms with E-state index in [2.05, 4.69) is 12.2 Å². The largest absolute Gasteiger partial charge is 0.480 e. The Kier molecular flexibility index (Phi) is 34.9. The van der Waals surface area contributed by atoms with E-state index in [-0.39, 0.29) is 6.54 Å². The van der Waals surface area contributed by atoms with Gasteiger partial charge in [-0.15, -0.1) is 0 Å². The van der Waals surface area contributed by atoms with Crippen molar-refractivity contribution in [1.82, 2.24) is 5.32 Å². The fraction of sp³-hybridized carbons (Fsp3) is 0.972. The molecule has 0 aromatic heterocycles. The summed E-state index contributed by atoms with van der Waals surface area (Å²) in [6.45, 7) is 3.24. The molecular formula is C36H73NO2. The lowest BCUT2D eigenvalue weighted by molar-refractivity contribution is -0.135. The number of carbonyl (C=O) groups is 1. The van der Waals surface area contributed by atoms with Gasteiger partial charge in [0.05, 0.1) is 6.54 Å². The standard InChI is InChI=1S/C36H73NO2/c1-2-3-4-5-6-7-8-9-10-11-12-13-14-15-16-17-18-19-20-21-22-23-24-25-26-27-28-29-30-31-32-33-34-37-35-36(38)39/h37H,2-35H2,1H3,(H,38,39). The van der Waals surface area contributed by atoms with Crippen LogP contribution in [0, 0.1) is 0 Å². The molecule has 0 unspecified atom stereocenters. The van der Waals surface area contributed by atoms with Gasteiger partial charge in [-0.2, -0.15) is 0 Å². The SMILES string of the molecule is CCCCCCCCCCCCCCCCCCCCCCCCCCCCCCCCCCNCC(=O)O. The fourth-order valence-corrected chi connectivity index (χ4v) is 5.82. The van der Waals surface area contributed by atoms with E-state index >= 15 is 0 Å². The van der Waals surface area contributed by atoms with E-state index in [4.69, 9.17) is 5.11 Å². The predicted octanol–water partition coefficient (Wildman–Crippen LogP) is 12.2. The zero-order valence-corrected chi connectivity index (χ0v) is 26.9. The Morgan fingerprint density at radius 1 is 0.385 bits per heavy atom. The first-order valence-corrected chi connectivity index (χ1v) is 18.2. The summed E-state index contributed by atoms with van der Waals surface area (Å²) in [5, 5.41) is 11.5. The highest BCUT2D eigenvalue weighted by atomic mass is 16.4. The molecule has 0 amide bonds. The molecule has 0 aromatic carbocycles. The van der Waals surface area contributed by atoms with Gasteiger partial charge in [0.2, 0.25) is 0 Å². The molecule has 3 heteroatoms. The molecule has 0 spiro atoms. The molecule has 0 aromatic rings. The molecule has 0 aliphatic rings. The minimum Gasteiger partial charge on any atom is -0.480 e. The van der Waals surface area contributed by atoms with E-state index in [0.717, 1.165) is 13.0 Å². The van der Waals surface area contributed by atoms with Gasteiger partial charge < -0.3 is 10.4 Å². The summed E-state index contributed by atoms with van der Waals surface area (Å²) in [6, 6.07) is 0. The maximum absolute atomic E-state index is 10.4.